The molecule has 13 nitrogen and oxygen atoms in total. The van der Waals surface area contributed by atoms with Crippen LogP contribution in [0.2, 0.25) is 5.02 Å². The first kappa shape index (κ1) is 34.0. The smallest absolute Gasteiger partial charge is 0.258 e. The lowest BCUT2D eigenvalue weighted by Gasteiger charge is -2.37. The van der Waals surface area contributed by atoms with E-state index in [1.54, 1.807) is 48.4 Å². The molecule has 6 rings (SSSR count). The Morgan fingerprint density at radius 3 is 2.32 bits per heavy atom. The van der Waals surface area contributed by atoms with Gasteiger partial charge >= 0.3 is 0 Å². The Labute approximate surface area is 279 Å². The third-order valence-electron chi connectivity index (χ3n) is 8.81. The average molecular weight is 668 g/mol. The van der Waals surface area contributed by atoms with Crippen molar-refractivity contribution < 1.29 is 28.7 Å². The first-order valence-electron chi connectivity index (χ1n) is 16.1. The lowest BCUT2D eigenvalue weighted by Crippen LogP contribution is -2.59. The third-order valence-corrected chi connectivity index (χ3v) is 9.04. The molecule has 4 aliphatic heterocycles. The van der Waals surface area contributed by atoms with E-state index >= 15 is 0 Å². The Morgan fingerprint density at radius 1 is 0.936 bits per heavy atom. The van der Waals surface area contributed by atoms with Gasteiger partial charge in [0.25, 0.3) is 5.91 Å². The number of hydrogen-bond acceptors (Lipinski definition) is 8. The number of ether oxygens (including phenoxy) is 1. The van der Waals surface area contributed by atoms with Crippen molar-refractivity contribution in [3.05, 3.63) is 53.2 Å². The number of rotatable bonds is 3. The van der Waals surface area contributed by atoms with E-state index in [0.717, 1.165) is 11.4 Å². The molecule has 2 aromatic rings. The first-order valence-corrected chi connectivity index (χ1v) is 16.5. The summed E-state index contributed by atoms with van der Waals surface area (Å²) in [6.45, 7) is 7.23. The predicted octanol–water partition coefficient (Wildman–Crippen LogP) is 1.14. The number of halogens is 1. The summed E-state index contributed by atoms with van der Waals surface area (Å²) >= 11 is 5.98. The first-order chi connectivity index (χ1) is 22.5. The number of fused-ring (bicyclic) bond motifs is 13. The second-order valence-electron chi connectivity index (χ2n) is 12.6. The monoisotopic (exact) mass is 667 g/mol. The van der Waals surface area contributed by atoms with Gasteiger partial charge in [-0.15, -0.1) is 0 Å². The topological polar surface area (TPSA) is 153 Å². The fourth-order valence-corrected chi connectivity index (χ4v) is 6.23. The summed E-state index contributed by atoms with van der Waals surface area (Å²) in [4.78, 5) is 76.8. The summed E-state index contributed by atoms with van der Waals surface area (Å²) in [5.41, 5.74) is 0.770. The number of pyridine rings is 1. The second kappa shape index (κ2) is 15.0. The summed E-state index contributed by atoms with van der Waals surface area (Å²) in [7, 11) is 0. The van der Waals surface area contributed by atoms with Gasteiger partial charge in [0.05, 0.1) is 5.02 Å². The van der Waals surface area contributed by atoms with Crippen LogP contribution in [0.5, 0.6) is 5.75 Å². The van der Waals surface area contributed by atoms with E-state index in [9.17, 15) is 24.0 Å². The Morgan fingerprint density at radius 2 is 1.66 bits per heavy atom. The number of anilines is 1. The molecule has 2 bridgehead atoms. The highest BCUT2D eigenvalue weighted by molar-refractivity contribution is 6.30. The molecular formula is C33H42ClN7O6. The van der Waals surface area contributed by atoms with Crippen molar-refractivity contribution in [1.82, 2.24) is 30.7 Å². The Hall–Kier alpha value is -4.39. The van der Waals surface area contributed by atoms with E-state index in [1.165, 1.54) is 4.90 Å². The van der Waals surface area contributed by atoms with Crippen molar-refractivity contribution >= 4 is 47.0 Å². The molecule has 4 aliphatic rings. The molecule has 14 heteroatoms. The minimum absolute atomic E-state index is 0.200. The Balaban J connectivity index is 1.34. The van der Waals surface area contributed by atoms with Crippen molar-refractivity contribution in [2.45, 2.75) is 64.2 Å². The van der Waals surface area contributed by atoms with Gasteiger partial charge in [-0.2, -0.15) is 0 Å². The fourth-order valence-electron chi connectivity index (χ4n) is 6.12. The van der Waals surface area contributed by atoms with Crippen molar-refractivity contribution in [2.75, 3.05) is 44.2 Å². The molecule has 5 heterocycles. The molecule has 252 valence electrons. The summed E-state index contributed by atoms with van der Waals surface area (Å²) in [6, 6.07) is 7.05. The van der Waals surface area contributed by atoms with E-state index < -0.39 is 41.9 Å². The van der Waals surface area contributed by atoms with E-state index in [-0.39, 0.29) is 30.8 Å². The largest absolute Gasteiger partial charge is 0.484 e. The molecule has 2 saturated heterocycles. The number of nitrogens with one attached hydrogen (secondary N) is 3. The Kier molecular flexibility index (Phi) is 10.8. The van der Waals surface area contributed by atoms with Gasteiger partial charge < -0.3 is 35.4 Å². The minimum Gasteiger partial charge on any atom is -0.484 e. The maximum Gasteiger partial charge on any atom is 0.258 e. The van der Waals surface area contributed by atoms with Gasteiger partial charge in [-0.25, -0.2) is 4.98 Å². The number of carbonyl (C=O) groups is 5. The van der Waals surface area contributed by atoms with E-state index in [4.69, 9.17) is 16.3 Å². The highest BCUT2D eigenvalue weighted by Crippen LogP contribution is 2.22. The van der Waals surface area contributed by atoms with Gasteiger partial charge in [-0.05, 0) is 55.5 Å². The van der Waals surface area contributed by atoms with Crippen LogP contribution < -0.4 is 25.6 Å². The maximum atomic E-state index is 13.9. The SMILES string of the molecule is CC(C)[C@@H]1NC(=O)COc2ccc(cc2)C[C@@H](C(=O)N2CCN(c3ccc(Cl)cn3)CC2)NC(=O)[C@H](C)NC(=O)[C@H]2CCCN2C1=O. The van der Waals surface area contributed by atoms with Crippen LogP contribution in [-0.2, 0) is 30.4 Å². The molecule has 4 atom stereocenters. The van der Waals surface area contributed by atoms with E-state index in [2.05, 4.69) is 25.8 Å². The molecular weight excluding hydrogens is 626 g/mol. The van der Waals surface area contributed by atoms with Crippen LogP contribution in [0.15, 0.2) is 42.6 Å². The number of hydrogen-bond donors (Lipinski definition) is 3. The van der Waals surface area contributed by atoms with Crippen molar-refractivity contribution in [1.29, 1.82) is 0 Å². The quantitative estimate of drug-likeness (QED) is 0.441. The molecule has 0 aliphatic carbocycles. The lowest BCUT2D eigenvalue weighted by molar-refractivity contribution is -0.143. The van der Waals surface area contributed by atoms with Crippen molar-refractivity contribution in [3.63, 3.8) is 0 Å². The van der Waals surface area contributed by atoms with Crippen LogP contribution in [0.25, 0.3) is 0 Å². The van der Waals surface area contributed by atoms with Gasteiger partial charge in [0.1, 0.15) is 35.7 Å². The highest BCUT2D eigenvalue weighted by Gasteiger charge is 2.40. The second-order valence-corrected chi connectivity index (χ2v) is 13.0. The van der Waals surface area contributed by atoms with Gasteiger partial charge in [0.2, 0.25) is 23.6 Å². The maximum absolute atomic E-state index is 13.9. The fraction of sp³-hybridized carbons (Fsp3) is 0.515. The standard InChI is InChI=1S/C33H42ClN7O6/c1-20(2)29-33(46)41-12-4-5-26(41)31(44)36-21(3)30(43)37-25(17-22-6-9-24(10-7-22)47-19-28(42)38-29)32(45)40-15-13-39(14-16-40)27-11-8-23(34)18-35-27/h6-11,18,20-21,25-26,29H,4-5,12-17,19H2,1-3H3,(H,36,44)(H,37,43)(H,38,42)/t21-,25-,26+,29-/m0/s1. The molecule has 0 unspecified atom stereocenters. The predicted molar refractivity (Wildman–Crippen MR) is 175 cm³/mol. The number of aromatic nitrogens is 1. The molecule has 0 spiro atoms. The van der Waals surface area contributed by atoms with Crippen LogP contribution >= 0.6 is 11.6 Å². The molecule has 0 saturated carbocycles. The lowest BCUT2D eigenvalue weighted by atomic mass is 10.0. The van der Waals surface area contributed by atoms with E-state index in [1.807, 2.05) is 19.9 Å². The molecule has 1 aromatic heterocycles. The van der Waals surface area contributed by atoms with Gasteiger partial charge in [-0.3, -0.25) is 24.0 Å². The van der Waals surface area contributed by atoms with E-state index in [0.29, 0.717) is 56.3 Å². The number of benzene rings is 1. The van der Waals surface area contributed by atoms with Crippen molar-refractivity contribution in [3.8, 4) is 5.75 Å². The number of piperazine rings is 1. The molecule has 1 aromatic carbocycles. The zero-order valence-corrected chi connectivity index (χ0v) is 27.7. The molecule has 3 N–H and O–H groups in total. The zero-order valence-electron chi connectivity index (χ0n) is 26.9. The number of nitrogens with zero attached hydrogens (tertiary/aromatic N) is 4. The average Bonchev–Trinajstić information content (AvgIpc) is 3.56. The van der Waals surface area contributed by atoms with Gasteiger partial charge in [0, 0.05) is 45.3 Å². The number of amides is 5. The minimum atomic E-state index is -0.971. The third kappa shape index (κ3) is 8.31. The Bertz CT molecular complexity index is 1460. The van der Waals surface area contributed by atoms with Crippen LogP contribution in [-0.4, -0.2) is 108 Å². The van der Waals surface area contributed by atoms with Crippen LogP contribution in [0.1, 0.15) is 39.2 Å². The van der Waals surface area contributed by atoms with Gasteiger partial charge in [-0.1, -0.05) is 37.6 Å². The van der Waals surface area contributed by atoms with Gasteiger partial charge in [0.15, 0.2) is 6.61 Å². The number of carbonyl (C=O) groups excluding carboxylic acids is 5. The molecule has 0 radical (unpaired) electrons. The summed E-state index contributed by atoms with van der Waals surface area (Å²) in [6.07, 6.45) is 2.83. The summed E-state index contributed by atoms with van der Waals surface area (Å²) in [5.74, 6) is -1.05. The zero-order chi connectivity index (χ0) is 33.7. The summed E-state index contributed by atoms with van der Waals surface area (Å²) < 4.78 is 5.69. The summed E-state index contributed by atoms with van der Waals surface area (Å²) in [5, 5.41) is 8.95. The van der Waals surface area contributed by atoms with Crippen LogP contribution in [0, 0.1) is 5.92 Å². The molecule has 2 fully saturated rings. The van der Waals surface area contributed by atoms with Crippen molar-refractivity contribution in [2.24, 2.45) is 5.92 Å². The highest BCUT2D eigenvalue weighted by atomic mass is 35.5. The normalized spacial score (nSPS) is 24.8. The molecule has 47 heavy (non-hydrogen) atoms. The molecule has 5 amide bonds. The van der Waals surface area contributed by atoms with Crippen LogP contribution in [0.4, 0.5) is 5.82 Å². The van der Waals surface area contributed by atoms with Crippen LogP contribution in [0.3, 0.4) is 0 Å².